The third-order valence-electron chi connectivity index (χ3n) is 1.84. The molecule has 1 aromatic rings. The van der Waals surface area contributed by atoms with Crippen LogP contribution < -0.4 is 10.5 Å². The molecule has 0 bridgehead atoms. The van der Waals surface area contributed by atoms with Gasteiger partial charge in [0.05, 0.1) is 19.2 Å². The van der Waals surface area contributed by atoms with Crippen molar-refractivity contribution < 1.29 is 19.7 Å². The Morgan fingerprint density at radius 1 is 1.57 bits per heavy atom. The lowest BCUT2D eigenvalue weighted by molar-refractivity contribution is -0.136. The monoisotopic (exact) mass is 197 g/mol. The maximum atomic E-state index is 10.5. The fraction of sp³-hybridized carbons (Fsp3) is 0.222. The molecule has 0 atom stereocenters. The first-order valence-corrected chi connectivity index (χ1v) is 3.92. The number of methoxy groups -OCH3 is 1. The molecule has 1 rings (SSSR count). The largest absolute Gasteiger partial charge is 0.506 e. The SMILES string of the molecule is COc1ccc(O)c(N)c1CC(=O)O. The van der Waals surface area contributed by atoms with E-state index in [1.807, 2.05) is 0 Å². The number of rotatable bonds is 3. The molecule has 0 aliphatic carbocycles. The van der Waals surface area contributed by atoms with Crippen LogP contribution in [0.2, 0.25) is 0 Å². The van der Waals surface area contributed by atoms with Crippen molar-refractivity contribution in [1.82, 2.24) is 0 Å². The van der Waals surface area contributed by atoms with E-state index in [9.17, 15) is 9.90 Å². The number of aromatic hydroxyl groups is 1. The second-order valence-corrected chi connectivity index (χ2v) is 2.75. The van der Waals surface area contributed by atoms with Gasteiger partial charge in [0.2, 0.25) is 0 Å². The average molecular weight is 197 g/mol. The van der Waals surface area contributed by atoms with Crippen molar-refractivity contribution in [3.63, 3.8) is 0 Å². The zero-order chi connectivity index (χ0) is 10.7. The van der Waals surface area contributed by atoms with Crippen molar-refractivity contribution >= 4 is 11.7 Å². The van der Waals surface area contributed by atoms with Crippen LogP contribution >= 0.6 is 0 Å². The van der Waals surface area contributed by atoms with E-state index in [2.05, 4.69) is 0 Å². The molecule has 0 heterocycles. The Labute approximate surface area is 80.7 Å². The highest BCUT2D eigenvalue weighted by Gasteiger charge is 2.13. The molecule has 0 fully saturated rings. The summed E-state index contributed by atoms with van der Waals surface area (Å²) in [6.07, 6.45) is -0.274. The lowest BCUT2D eigenvalue weighted by Crippen LogP contribution is -2.05. The molecule has 0 aliphatic heterocycles. The van der Waals surface area contributed by atoms with Crippen LogP contribution in [0.1, 0.15) is 5.56 Å². The fourth-order valence-electron chi connectivity index (χ4n) is 1.16. The van der Waals surface area contributed by atoms with Gasteiger partial charge in [-0.25, -0.2) is 0 Å². The first-order valence-electron chi connectivity index (χ1n) is 3.92. The van der Waals surface area contributed by atoms with E-state index in [0.29, 0.717) is 11.3 Å². The number of phenols is 1. The molecule has 5 heteroatoms. The molecular weight excluding hydrogens is 186 g/mol. The third kappa shape index (κ3) is 1.87. The Hall–Kier alpha value is -1.91. The molecule has 4 N–H and O–H groups in total. The average Bonchev–Trinajstić information content (AvgIpc) is 2.13. The van der Waals surface area contributed by atoms with Gasteiger partial charge < -0.3 is 20.7 Å². The summed E-state index contributed by atoms with van der Waals surface area (Å²) < 4.78 is 4.93. The van der Waals surface area contributed by atoms with Gasteiger partial charge in [0.1, 0.15) is 11.5 Å². The lowest BCUT2D eigenvalue weighted by atomic mass is 10.1. The summed E-state index contributed by atoms with van der Waals surface area (Å²) in [5.74, 6) is -0.801. The molecule has 0 radical (unpaired) electrons. The minimum absolute atomic E-state index is 0.0479. The number of nitrogen functional groups attached to an aromatic ring is 1. The first-order chi connectivity index (χ1) is 6.56. The molecule has 76 valence electrons. The van der Waals surface area contributed by atoms with Crippen molar-refractivity contribution in [2.24, 2.45) is 0 Å². The normalized spacial score (nSPS) is 9.79. The predicted octanol–water partition coefficient (Wildman–Crippen LogP) is 0.610. The van der Waals surface area contributed by atoms with E-state index in [4.69, 9.17) is 15.6 Å². The van der Waals surface area contributed by atoms with Crippen molar-refractivity contribution in [3.05, 3.63) is 17.7 Å². The topological polar surface area (TPSA) is 92.8 Å². The van der Waals surface area contributed by atoms with E-state index in [1.54, 1.807) is 0 Å². The molecule has 0 spiro atoms. The molecule has 0 aromatic heterocycles. The van der Waals surface area contributed by atoms with E-state index in [1.165, 1.54) is 19.2 Å². The van der Waals surface area contributed by atoms with Gasteiger partial charge in [0.15, 0.2) is 0 Å². The molecule has 1 aromatic carbocycles. The Morgan fingerprint density at radius 3 is 2.71 bits per heavy atom. The minimum Gasteiger partial charge on any atom is -0.506 e. The van der Waals surface area contributed by atoms with E-state index < -0.39 is 5.97 Å². The number of carbonyl (C=O) groups is 1. The minimum atomic E-state index is -1.03. The van der Waals surface area contributed by atoms with Gasteiger partial charge in [0.25, 0.3) is 0 Å². The number of phenolic OH excluding ortho intramolecular Hbond substituents is 1. The van der Waals surface area contributed by atoms with Crippen LogP contribution in [0.3, 0.4) is 0 Å². The Bertz CT molecular complexity index is 362. The fourth-order valence-corrected chi connectivity index (χ4v) is 1.16. The summed E-state index contributed by atoms with van der Waals surface area (Å²) >= 11 is 0. The zero-order valence-corrected chi connectivity index (χ0v) is 7.65. The molecular formula is C9H11NO4. The van der Waals surface area contributed by atoms with Gasteiger partial charge in [-0.1, -0.05) is 0 Å². The molecule has 0 amide bonds. The summed E-state index contributed by atoms with van der Waals surface area (Å²) in [7, 11) is 1.41. The summed E-state index contributed by atoms with van der Waals surface area (Å²) in [5, 5.41) is 17.9. The van der Waals surface area contributed by atoms with E-state index in [0.717, 1.165) is 0 Å². The quantitative estimate of drug-likeness (QED) is 0.487. The van der Waals surface area contributed by atoms with Crippen molar-refractivity contribution in [1.29, 1.82) is 0 Å². The second kappa shape index (κ2) is 3.87. The van der Waals surface area contributed by atoms with Crippen LogP contribution in [0.5, 0.6) is 11.5 Å². The van der Waals surface area contributed by atoms with Crippen LogP contribution in [0, 0.1) is 0 Å². The predicted molar refractivity (Wildman–Crippen MR) is 50.4 cm³/mol. The number of nitrogens with two attached hydrogens (primary N) is 1. The van der Waals surface area contributed by atoms with Crippen LogP contribution in [0.4, 0.5) is 5.69 Å². The highest BCUT2D eigenvalue weighted by Crippen LogP contribution is 2.32. The molecule has 0 saturated heterocycles. The molecule has 14 heavy (non-hydrogen) atoms. The van der Waals surface area contributed by atoms with Gasteiger partial charge in [-0.15, -0.1) is 0 Å². The van der Waals surface area contributed by atoms with Gasteiger partial charge in [-0.3, -0.25) is 4.79 Å². The summed E-state index contributed by atoms with van der Waals surface area (Å²) in [5.41, 5.74) is 5.85. The molecule has 5 nitrogen and oxygen atoms in total. The number of hydrogen-bond acceptors (Lipinski definition) is 4. The van der Waals surface area contributed by atoms with E-state index in [-0.39, 0.29) is 17.9 Å². The highest BCUT2D eigenvalue weighted by molar-refractivity contribution is 5.76. The van der Waals surface area contributed by atoms with Gasteiger partial charge in [-0.05, 0) is 12.1 Å². The van der Waals surface area contributed by atoms with Crippen LogP contribution in [-0.4, -0.2) is 23.3 Å². The summed E-state index contributed by atoms with van der Waals surface area (Å²) in [4.78, 5) is 10.5. The van der Waals surface area contributed by atoms with Crippen molar-refractivity contribution in [2.75, 3.05) is 12.8 Å². The molecule has 0 unspecified atom stereocenters. The smallest absolute Gasteiger partial charge is 0.308 e. The highest BCUT2D eigenvalue weighted by atomic mass is 16.5. The Morgan fingerprint density at radius 2 is 2.21 bits per heavy atom. The zero-order valence-electron chi connectivity index (χ0n) is 7.65. The Kier molecular flexibility index (Phi) is 2.81. The van der Waals surface area contributed by atoms with Crippen molar-refractivity contribution in [2.45, 2.75) is 6.42 Å². The lowest BCUT2D eigenvalue weighted by Gasteiger charge is -2.10. The molecule has 0 aliphatic rings. The second-order valence-electron chi connectivity index (χ2n) is 2.75. The Balaban J connectivity index is 3.20. The maximum absolute atomic E-state index is 10.5. The summed E-state index contributed by atoms with van der Waals surface area (Å²) in [6, 6.07) is 2.84. The number of anilines is 1. The standard InChI is InChI=1S/C9H11NO4/c1-14-7-3-2-6(11)9(10)5(7)4-8(12)13/h2-3,11H,4,10H2,1H3,(H,12,13). The van der Waals surface area contributed by atoms with Gasteiger partial charge in [-0.2, -0.15) is 0 Å². The number of benzene rings is 1. The van der Waals surface area contributed by atoms with Gasteiger partial charge >= 0.3 is 5.97 Å². The maximum Gasteiger partial charge on any atom is 0.308 e. The summed E-state index contributed by atoms with van der Waals surface area (Å²) in [6.45, 7) is 0. The van der Waals surface area contributed by atoms with E-state index >= 15 is 0 Å². The number of ether oxygens (including phenoxy) is 1. The number of aliphatic carboxylic acids is 1. The first kappa shape index (κ1) is 10.2. The number of carboxylic acids is 1. The third-order valence-corrected chi connectivity index (χ3v) is 1.84. The number of carboxylic acid groups (broad SMARTS) is 1. The van der Waals surface area contributed by atoms with Crippen LogP contribution in [0.25, 0.3) is 0 Å². The van der Waals surface area contributed by atoms with Gasteiger partial charge in [0, 0.05) is 5.56 Å². The number of hydrogen-bond donors (Lipinski definition) is 3. The van der Waals surface area contributed by atoms with Crippen molar-refractivity contribution in [3.8, 4) is 11.5 Å². The van der Waals surface area contributed by atoms with Crippen LogP contribution in [-0.2, 0) is 11.2 Å². The van der Waals surface area contributed by atoms with Crippen LogP contribution in [0.15, 0.2) is 12.1 Å². The molecule has 0 saturated carbocycles.